The molecule has 1 aliphatic heterocycles. The predicted molar refractivity (Wildman–Crippen MR) is 140 cm³/mol. The van der Waals surface area contributed by atoms with Crippen molar-refractivity contribution in [2.45, 2.75) is 38.8 Å². The van der Waals surface area contributed by atoms with Gasteiger partial charge in [0.15, 0.2) is 5.96 Å². The molecule has 176 valence electrons. The van der Waals surface area contributed by atoms with E-state index in [0.717, 1.165) is 67.2 Å². The largest absolute Gasteiger partial charge is 0.497 e. The quantitative estimate of drug-likeness (QED) is 0.260. The fourth-order valence-electron chi connectivity index (χ4n) is 3.77. The van der Waals surface area contributed by atoms with Gasteiger partial charge in [-0.05, 0) is 61.7 Å². The second-order valence-corrected chi connectivity index (χ2v) is 7.81. The molecule has 0 spiro atoms. The van der Waals surface area contributed by atoms with Crippen molar-refractivity contribution < 1.29 is 9.47 Å². The first-order valence-electron chi connectivity index (χ1n) is 10.9. The number of rotatable bonds is 7. The topological polar surface area (TPSA) is 85.6 Å². The van der Waals surface area contributed by atoms with Gasteiger partial charge >= 0.3 is 0 Å². The van der Waals surface area contributed by atoms with Crippen molar-refractivity contribution in [3.8, 4) is 17.2 Å². The lowest BCUT2D eigenvalue weighted by atomic mass is 10.1. The van der Waals surface area contributed by atoms with Crippen LogP contribution in [0.15, 0.2) is 53.5 Å². The predicted octanol–water partition coefficient (Wildman–Crippen LogP) is 3.73. The molecule has 0 saturated heterocycles. The van der Waals surface area contributed by atoms with Crippen molar-refractivity contribution in [2.75, 3.05) is 20.7 Å². The van der Waals surface area contributed by atoms with Crippen LogP contribution >= 0.6 is 24.0 Å². The minimum absolute atomic E-state index is 0. The van der Waals surface area contributed by atoms with Gasteiger partial charge in [0.25, 0.3) is 0 Å². The summed E-state index contributed by atoms with van der Waals surface area (Å²) in [6.45, 7) is 3.54. The van der Waals surface area contributed by atoms with Crippen LogP contribution in [-0.2, 0) is 19.4 Å². The molecular formula is C24H31IN6O2. The van der Waals surface area contributed by atoms with E-state index < -0.39 is 0 Å². The van der Waals surface area contributed by atoms with E-state index in [1.54, 1.807) is 14.2 Å². The summed E-state index contributed by atoms with van der Waals surface area (Å²) in [7, 11) is 3.45. The molecule has 33 heavy (non-hydrogen) atoms. The third-order valence-corrected chi connectivity index (χ3v) is 5.45. The molecule has 1 atom stereocenters. The summed E-state index contributed by atoms with van der Waals surface area (Å²) in [5, 5.41) is 11.4. The monoisotopic (exact) mass is 562 g/mol. The van der Waals surface area contributed by atoms with Crippen LogP contribution in [0, 0.1) is 6.92 Å². The number of ether oxygens (including phenoxy) is 2. The Hall–Kier alpha value is -2.82. The van der Waals surface area contributed by atoms with Gasteiger partial charge in [-0.15, -0.1) is 24.0 Å². The average molecular weight is 562 g/mol. The number of fused-ring (bicyclic) bond motifs is 1. The lowest BCUT2D eigenvalue weighted by Gasteiger charge is -2.25. The van der Waals surface area contributed by atoms with Crippen LogP contribution < -0.4 is 20.1 Å². The summed E-state index contributed by atoms with van der Waals surface area (Å²) >= 11 is 0. The van der Waals surface area contributed by atoms with Gasteiger partial charge in [-0.3, -0.25) is 4.99 Å². The van der Waals surface area contributed by atoms with Crippen LogP contribution in [0.2, 0.25) is 0 Å². The van der Waals surface area contributed by atoms with E-state index in [0.29, 0.717) is 6.04 Å². The number of methoxy groups -OCH3 is 1. The molecule has 0 aliphatic carbocycles. The molecule has 0 saturated carbocycles. The van der Waals surface area contributed by atoms with Crippen LogP contribution in [0.4, 0.5) is 0 Å². The standard InChI is InChI=1S/C24H30N6O2.HI/c1-17-27-23-13-6-19(16-30(23)29-17)28-24(25-2)26-15-14-18-4-7-21(8-5-18)32-22-11-9-20(31-3)10-12-22;/h4-5,7-12,19H,6,13-16H2,1-3H3,(H2,25,26,28);1H. The first-order valence-corrected chi connectivity index (χ1v) is 10.9. The van der Waals surface area contributed by atoms with E-state index in [4.69, 9.17) is 9.47 Å². The van der Waals surface area contributed by atoms with E-state index >= 15 is 0 Å². The number of nitrogens with one attached hydrogen (secondary N) is 2. The van der Waals surface area contributed by atoms with Gasteiger partial charge in [-0.2, -0.15) is 5.10 Å². The van der Waals surface area contributed by atoms with Gasteiger partial charge in [0.1, 0.15) is 28.9 Å². The minimum Gasteiger partial charge on any atom is -0.497 e. The number of hydrogen-bond donors (Lipinski definition) is 2. The van der Waals surface area contributed by atoms with Crippen LogP contribution in [-0.4, -0.2) is 47.5 Å². The maximum absolute atomic E-state index is 5.89. The summed E-state index contributed by atoms with van der Waals surface area (Å²) in [5.74, 6) is 5.13. The van der Waals surface area contributed by atoms with Gasteiger partial charge in [0.2, 0.25) is 0 Å². The van der Waals surface area contributed by atoms with Gasteiger partial charge in [0, 0.05) is 26.1 Å². The molecule has 1 aliphatic rings. The van der Waals surface area contributed by atoms with Crippen LogP contribution in [0.1, 0.15) is 23.6 Å². The summed E-state index contributed by atoms with van der Waals surface area (Å²) in [6.07, 6.45) is 2.84. The number of hydrogen-bond acceptors (Lipinski definition) is 5. The molecule has 0 amide bonds. The first-order chi connectivity index (χ1) is 15.6. The van der Waals surface area contributed by atoms with Gasteiger partial charge < -0.3 is 20.1 Å². The van der Waals surface area contributed by atoms with E-state index in [9.17, 15) is 0 Å². The van der Waals surface area contributed by atoms with Crippen LogP contribution in [0.25, 0.3) is 0 Å². The first kappa shape index (κ1) is 24.8. The molecule has 0 bridgehead atoms. The molecular weight excluding hydrogens is 531 g/mol. The number of aliphatic imine (C=N–C) groups is 1. The Bertz CT molecular complexity index is 1050. The lowest BCUT2D eigenvalue weighted by molar-refractivity contribution is 0.392. The minimum atomic E-state index is 0. The van der Waals surface area contributed by atoms with E-state index in [-0.39, 0.29) is 24.0 Å². The van der Waals surface area contributed by atoms with Crippen molar-refractivity contribution in [3.63, 3.8) is 0 Å². The summed E-state index contributed by atoms with van der Waals surface area (Å²) in [6, 6.07) is 16.0. The number of aromatic nitrogens is 3. The van der Waals surface area contributed by atoms with Crippen LogP contribution in [0.5, 0.6) is 17.2 Å². The number of halogens is 1. The Morgan fingerprint density at radius 2 is 1.76 bits per heavy atom. The molecule has 0 fully saturated rings. The molecule has 4 rings (SSSR count). The summed E-state index contributed by atoms with van der Waals surface area (Å²) in [4.78, 5) is 8.84. The highest BCUT2D eigenvalue weighted by Gasteiger charge is 2.21. The third kappa shape index (κ3) is 6.83. The fraction of sp³-hybridized carbons (Fsp3) is 0.375. The Labute approximate surface area is 211 Å². The molecule has 8 nitrogen and oxygen atoms in total. The molecule has 2 heterocycles. The third-order valence-electron chi connectivity index (χ3n) is 5.45. The van der Waals surface area contributed by atoms with Crippen molar-refractivity contribution in [2.24, 2.45) is 4.99 Å². The van der Waals surface area contributed by atoms with Crippen molar-refractivity contribution >= 4 is 29.9 Å². The van der Waals surface area contributed by atoms with E-state index in [1.165, 1.54) is 5.56 Å². The molecule has 9 heteroatoms. The van der Waals surface area contributed by atoms with E-state index in [1.807, 2.05) is 48.0 Å². The molecule has 1 aromatic heterocycles. The zero-order valence-corrected chi connectivity index (χ0v) is 21.6. The van der Waals surface area contributed by atoms with Crippen molar-refractivity contribution in [1.29, 1.82) is 0 Å². The van der Waals surface area contributed by atoms with Gasteiger partial charge in [-0.25, -0.2) is 9.67 Å². The Morgan fingerprint density at radius 3 is 2.42 bits per heavy atom. The van der Waals surface area contributed by atoms with Crippen molar-refractivity contribution in [3.05, 3.63) is 65.7 Å². The highest BCUT2D eigenvalue weighted by atomic mass is 127. The molecule has 0 radical (unpaired) electrons. The SMILES string of the molecule is CN=C(NCCc1ccc(Oc2ccc(OC)cc2)cc1)NC1CCc2nc(C)nn2C1.I. The second kappa shape index (κ2) is 11.9. The van der Waals surface area contributed by atoms with E-state index in [2.05, 4.69) is 37.8 Å². The maximum atomic E-state index is 5.89. The molecule has 2 aromatic carbocycles. The summed E-state index contributed by atoms with van der Waals surface area (Å²) < 4.78 is 13.1. The van der Waals surface area contributed by atoms with Gasteiger partial charge in [0.05, 0.1) is 13.7 Å². The summed E-state index contributed by atoms with van der Waals surface area (Å²) in [5.41, 5.74) is 1.23. The lowest BCUT2D eigenvalue weighted by Crippen LogP contribution is -2.47. The zero-order valence-electron chi connectivity index (χ0n) is 19.2. The molecule has 2 N–H and O–H groups in total. The van der Waals surface area contributed by atoms with Crippen LogP contribution in [0.3, 0.4) is 0 Å². The molecule has 1 unspecified atom stereocenters. The Kier molecular flexibility index (Phi) is 8.93. The highest BCUT2D eigenvalue weighted by Crippen LogP contribution is 2.24. The zero-order chi connectivity index (χ0) is 22.3. The Morgan fingerprint density at radius 1 is 1.09 bits per heavy atom. The normalized spacial score (nSPS) is 15.2. The highest BCUT2D eigenvalue weighted by molar-refractivity contribution is 14.0. The smallest absolute Gasteiger partial charge is 0.191 e. The maximum Gasteiger partial charge on any atom is 0.191 e. The second-order valence-electron chi connectivity index (χ2n) is 7.81. The van der Waals surface area contributed by atoms with Crippen molar-refractivity contribution in [1.82, 2.24) is 25.4 Å². The van der Waals surface area contributed by atoms with Gasteiger partial charge in [-0.1, -0.05) is 12.1 Å². The number of guanidine groups is 1. The number of benzene rings is 2. The fourth-order valence-corrected chi connectivity index (χ4v) is 3.77. The number of nitrogens with zero attached hydrogens (tertiary/aromatic N) is 4. The average Bonchev–Trinajstić information content (AvgIpc) is 3.19. The Balaban J connectivity index is 0.00000306. The molecule has 3 aromatic rings. The number of aryl methyl sites for hydroxylation is 2.